The second kappa shape index (κ2) is 5.55. The minimum Gasteiger partial charge on any atom is -0.220 e. The highest BCUT2D eigenvalue weighted by Crippen LogP contribution is 2.28. The van der Waals surface area contributed by atoms with Gasteiger partial charge in [-0.3, -0.25) is 0 Å². The van der Waals surface area contributed by atoms with E-state index in [0.29, 0.717) is 0 Å². The Hall–Kier alpha value is -2.00. The molecular formula is C17H17N2S+. The molecule has 1 heterocycles. The predicted octanol–water partition coefficient (Wildman–Crippen LogP) is 3.80. The van der Waals surface area contributed by atoms with Crippen molar-refractivity contribution in [2.24, 2.45) is 7.05 Å². The van der Waals surface area contributed by atoms with Gasteiger partial charge in [0.05, 0.1) is 7.05 Å². The number of imidazole rings is 1. The van der Waals surface area contributed by atoms with E-state index in [1.54, 1.807) is 11.8 Å². The molecule has 0 bridgehead atoms. The number of aromatic nitrogens is 2. The highest BCUT2D eigenvalue weighted by Gasteiger charge is 2.22. The zero-order valence-electron chi connectivity index (χ0n) is 11.5. The molecule has 3 rings (SSSR count). The van der Waals surface area contributed by atoms with Crippen LogP contribution in [0.25, 0.3) is 11.0 Å². The molecule has 0 atom stereocenters. The number of hydrogen-bond donors (Lipinski definition) is 0. The fourth-order valence-corrected chi connectivity index (χ4v) is 3.41. The molecule has 2 aromatic carbocycles. The molecule has 20 heavy (non-hydrogen) atoms. The SMILES string of the molecule is C=CCn1c(Sc2ccccc2)[n+](C)c2ccccc21. The van der Waals surface area contributed by atoms with Gasteiger partial charge in [0.2, 0.25) is 0 Å². The van der Waals surface area contributed by atoms with Gasteiger partial charge in [-0.1, -0.05) is 43.0 Å². The molecule has 0 N–H and O–H groups in total. The van der Waals surface area contributed by atoms with E-state index in [9.17, 15) is 0 Å². The first kappa shape index (κ1) is 13.0. The quantitative estimate of drug-likeness (QED) is 0.522. The lowest BCUT2D eigenvalue weighted by atomic mass is 10.3. The largest absolute Gasteiger partial charge is 0.323 e. The Balaban J connectivity index is 2.15. The van der Waals surface area contributed by atoms with Crippen molar-refractivity contribution >= 4 is 22.8 Å². The first-order chi connectivity index (χ1) is 9.81. The lowest BCUT2D eigenvalue weighted by molar-refractivity contribution is -0.685. The Bertz CT molecular complexity index is 744. The molecule has 0 aliphatic rings. The zero-order chi connectivity index (χ0) is 13.9. The van der Waals surface area contributed by atoms with E-state index in [1.807, 2.05) is 12.1 Å². The molecule has 2 nitrogen and oxygen atoms in total. The molecule has 3 aromatic rings. The van der Waals surface area contributed by atoms with Crippen LogP contribution in [-0.2, 0) is 13.6 Å². The van der Waals surface area contributed by atoms with E-state index < -0.39 is 0 Å². The third-order valence-corrected chi connectivity index (χ3v) is 4.50. The van der Waals surface area contributed by atoms with E-state index in [4.69, 9.17) is 0 Å². The summed E-state index contributed by atoms with van der Waals surface area (Å²) in [6.45, 7) is 4.70. The third-order valence-electron chi connectivity index (χ3n) is 3.32. The molecular weight excluding hydrogens is 264 g/mol. The fourth-order valence-electron chi connectivity index (χ4n) is 2.39. The van der Waals surface area contributed by atoms with Crippen molar-refractivity contribution in [2.75, 3.05) is 0 Å². The molecule has 0 radical (unpaired) electrons. The van der Waals surface area contributed by atoms with E-state index in [0.717, 1.165) is 6.54 Å². The Labute approximate surface area is 123 Å². The van der Waals surface area contributed by atoms with Crippen LogP contribution in [0.3, 0.4) is 0 Å². The van der Waals surface area contributed by atoms with Gasteiger partial charge in [0.15, 0.2) is 11.0 Å². The second-order valence-corrected chi connectivity index (χ2v) is 5.69. The molecule has 0 aliphatic carbocycles. The molecule has 0 saturated heterocycles. The first-order valence-corrected chi connectivity index (χ1v) is 7.44. The van der Waals surface area contributed by atoms with Crippen molar-refractivity contribution in [3.05, 3.63) is 67.3 Å². The van der Waals surface area contributed by atoms with Crippen molar-refractivity contribution in [1.29, 1.82) is 0 Å². The minimum absolute atomic E-state index is 0.816. The van der Waals surface area contributed by atoms with Crippen LogP contribution >= 0.6 is 11.8 Å². The Kier molecular flexibility index (Phi) is 3.61. The summed E-state index contributed by atoms with van der Waals surface area (Å²) < 4.78 is 4.55. The Morgan fingerprint density at radius 1 is 1.10 bits per heavy atom. The van der Waals surface area contributed by atoms with Crippen LogP contribution in [0.4, 0.5) is 0 Å². The van der Waals surface area contributed by atoms with Crippen LogP contribution in [0.15, 0.2) is 77.3 Å². The monoisotopic (exact) mass is 281 g/mol. The van der Waals surface area contributed by atoms with E-state index in [-0.39, 0.29) is 0 Å². The summed E-state index contributed by atoms with van der Waals surface area (Å²) in [5.41, 5.74) is 2.49. The maximum absolute atomic E-state index is 3.88. The summed E-state index contributed by atoms with van der Waals surface area (Å²) >= 11 is 1.78. The molecule has 3 heteroatoms. The summed E-state index contributed by atoms with van der Waals surface area (Å²) in [5, 5.41) is 1.22. The highest BCUT2D eigenvalue weighted by molar-refractivity contribution is 7.99. The molecule has 0 unspecified atom stereocenters. The van der Waals surface area contributed by atoms with Crippen LogP contribution in [0.2, 0.25) is 0 Å². The second-order valence-electron chi connectivity index (χ2n) is 4.64. The van der Waals surface area contributed by atoms with Gasteiger partial charge in [-0.05, 0) is 36.0 Å². The van der Waals surface area contributed by atoms with Crippen LogP contribution in [0, 0.1) is 0 Å². The van der Waals surface area contributed by atoms with Crippen molar-refractivity contribution in [2.45, 2.75) is 16.6 Å². The third kappa shape index (κ3) is 2.25. The fraction of sp³-hybridized carbons (Fsp3) is 0.118. The molecule has 100 valence electrons. The van der Waals surface area contributed by atoms with E-state index in [2.05, 4.69) is 71.3 Å². The van der Waals surface area contributed by atoms with Gasteiger partial charge < -0.3 is 0 Å². The maximum atomic E-state index is 3.88. The number of allylic oxidation sites excluding steroid dienone is 1. The molecule has 0 spiro atoms. The standard InChI is InChI=1S/C17H17N2S/c1-3-13-19-16-12-8-7-11-15(16)18(2)17(19)20-14-9-5-4-6-10-14/h3-12H,1,13H2,2H3/q+1. The van der Waals surface area contributed by atoms with Gasteiger partial charge in [0.1, 0.15) is 6.54 Å². The highest BCUT2D eigenvalue weighted by atomic mass is 32.2. The van der Waals surface area contributed by atoms with E-state index in [1.165, 1.54) is 21.1 Å². The Morgan fingerprint density at radius 3 is 2.55 bits per heavy atom. The lowest BCUT2D eigenvalue weighted by Crippen LogP contribution is -2.29. The van der Waals surface area contributed by atoms with Crippen molar-refractivity contribution < 1.29 is 4.57 Å². The average Bonchev–Trinajstić information content (AvgIpc) is 2.75. The number of hydrogen-bond acceptors (Lipinski definition) is 1. The number of nitrogens with zero attached hydrogens (tertiary/aromatic N) is 2. The van der Waals surface area contributed by atoms with Crippen molar-refractivity contribution in [1.82, 2.24) is 4.57 Å². The first-order valence-electron chi connectivity index (χ1n) is 6.62. The summed E-state index contributed by atoms with van der Waals surface area (Å²) in [6.07, 6.45) is 1.95. The Morgan fingerprint density at radius 2 is 1.80 bits per heavy atom. The molecule has 1 aromatic heterocycles. The number of benzene rings is 2. The number of para-hydroxylation sites is 2. The van der Waals surface area contributed by atoms with Crippen LogP contribution in [-0.4, -0.2) is 4.57 Å². The smallest absolute Gasteiger partial charge is 0.220 e. The molecule has 0 amide bonds. The van der Waals surface area contributed by atoms with Gasteiger partial charge in [-0.2, -0.15) is 0 Å². The lowest BCUT2D eigenvalue weighted by Gasteiger charge is -2.00. The molecule has 0 aliphatic heterocycles. The normalized spacial score (nSPS) is 10.8. The number of rotatable bonds is 4. The van der Waals surface area contributed by atoms with Crippen LogP contribution in [0.1, 0.15) is 0 Å². The topological polar surface area (TPSA) is 8.81 Å². The average molecular weight is 281 g/mol. The van der Waals surface area contributed by atoms with Gasteiger partial charge in [0, 0.05) is 4.90 Å². The van der Waals surface area contributed by atoms with Crippen LogP contribution < -0.4 is 4.57 Å². The summed E-state index contributed by atoms with van der Waals surface area (Å²) in [7, 11) is 2.12. The van der Waals surface area contributed by atoms with Gasteiger partial charge in [-0.25, -0.2) is 9.13 Å². The predicted molar refractivity (Wildman–Crippen MR) is 83.9 cm³/mol. The van der Waals surface area contributed by atoms with Gasteiger partial charge >= 0.3 is 5.16 Å². The maximum Gasteiger partial charge on any atom is 0.323 e. The molecule has 0 fully saturated rings. The summed E-state index contributed by atoms with van der Waals surface area (Å²) in [4.78, 5) is 1.25. The van der Waals surface area contributed by atoms with Gasteiger partial charge in [0.25, 0.3) is 0 Å². The van der Waals surface area contributed by atoms with Crippen molar-refractivity contribution in [3.63, 3.8) is 0 Å². The summed E-state index contributed by atoms with van der Waals surface area (Å²) in [5.74, 6) is 0. The van der Waals surface area contributed by atoms with Crippen LogP contribution in [0.5, 0.6) is 0 Å². The minimum atomic E-state index is 0.816. The zero-order valence-corrected chi connectivity index (χ0v) is 12.3. The van der Waals surface area contributed by atoms with E-state index >= 15 is 0 Å². The number of aryl methyl sites for hydroxylation is 1. The van der Waals surface area contributed by atoms with Gasteiger partial charge in [-0.15, -0.1) is 0 Å². The number of fused-ring (bicyclic) bond motifs is 1. The molecule has 0 saturated carbocycles. The summed E-state index contributed by atoms with van der Waals surface area (Å²) in [6, 6.07) is 18.9. The van der Waals surface area contributed by atoms with Crippen molar-refractivity contribution in [3.8, 4) is 0 Å².